The molecule has 1 aliphatic heterocycles. The molecule has 0 bridgehead atoms. The molecule has 7 heteroatoms. The van der Waals surface area contributed by atoms with Crippen LogP contribution in [0.3, 0.4) is 0 Å². The summed E-state index contributed by atoms with van der Waals surface area (Å²) < 4.78 is 5.70. The molecule has 1 heterocycles. The highest BCUT2D eigenvalue weighted by molar-refractivity contribution is 8.14. The lowest BCUT2D eigenvalue weighted by molar-refractivity contribution is -0.117. The van der Waals surface area contributed by atoms with Gasteiger partial charge in [0.25, 0.3) is 0 Å². The number of benzene rings is 2. The summed E-state index contributed by atoms with van der Waals surface area (Å²) >= 11 is 7.58. The molecule has 0 spiro atoms. The Morgan fingerprint density at radius 3 is 2.45 bits per heavy atom. The fraction of sp³-hybridized carbons (Fsp3) is 0.318. The van der Waals surface area contributed by atoms with Gasteiger partial charge in [0.1, 0.15) is 5.75 Å². The average molecular weight is 431 g/mol. The molecule has 0 aliphatic carbocycles. The summed E-state index contributed by atoms with van der Waals surface area (Å²) in [7, 11) is 0. The maximum Gasteiger partial charge on any atom is 0.233 e. The molecule has 5 nitrogen and oxygen atoms in total. The zero-order valence-electron chi connectivity index (χ0n) is 16.4. The molecule has 152 valence electrons. The van der Waals surface area contributed by atoms with Gasteiger partial charge in [0, 0.05) is 22.8 Å². The Balaban J connectivity index is 1.59. The van der Waals surface area contributed by atoms with E-state index in [2.05, 4.69) is 4.99 Å². The Bertz CT molecular complexity index is 897. The number of Topliss-reactive ketones (excluding diaryl/α,β-unsaturated/α-hetero) is 1. The summed E-state index contributed by atoms with van der Waals surface area (Å²) in [5, 5.41) is 1.35. The Labute approximate surface area is 180 Å². The van der Waals surface area contributed by atoms with Crippen LogP contribution in [0.15, 0.2) is 53.5 Å². The molecule has 1 atom stereocenters. The molecule has 3 rings (SSSR count). The van der Waals surface area contributed by atoms with Gasteiger partial charge in [-0.2, -0.15) is 0 Å². The molecule has 0 saturated heterocycles. The van der Waals surface area contributed by atoms with Crippen LogP contribution in [0.1, 0.15) is 37.0 Å². The van der Waals surface area contributed by atoms with Gasteiger partial charge in [-0.05, 0) is 68.8 Å². The minimum absolute atomic E-state index is 0.0199. The van der Waals surface area contributed by atoms with E-state index in [0.29, 0.717) is 35.8 Å². The first-order chi connectivity index (χ1) is 13.9. The van der Waals surface area contributed by atoms with Crippen molar-refractivity contribution >= 4 is 45.9 Å². The van der Waals surface area contributed by atoms with Crippen LogP contribution in [0.25, 0.3) is 0 Å². The van der Waals surface area contributed by atoms with Crippen molar-refractivity contribution in [3.63, 3.8) is 0 Å². The Morgan fingerprint density at radius 1 is 1.17 bits per heavy atom. The molecular weight excluding hydrogens is 408 g/mol. The number of hydrogen-bond donors (Lipinski definition) is 0. The first kappa shape index (κ1) is 21.4. The zero-order valence-corrected chi connectivity index (χ0v) is 18.0. The highest BCUT2D eigenvalue weighted by Gasteiger charge is 2.26. The van der Waals surface area contributed by atoms with Gasteiger partial charge in [0.05, 0.1) is 18.3 Å². The number of carbonyl (C=O) groups is 2. The highest BCUT2D eigenvalue weighted by Crippen LogP contribution is 2.27. The number of ketones is 1. The molecular formula is C22H23ClN2O3S. The Hall–Kier alpha value is -2.31. The molecule has 0 aromatic heterocycles. The normalized spacial score (nSPS) is 15.7. The molecule has 29 heavy (non-hydrogen) atoms. The third kappa shape index (κ3) is 5.84. The predicted molar refractivity (Wildman–Crippen MR) is 119 cm³/mol. The van der Waals surface area contributed by atoms with Crippen LogP contribution in [-0.4, -0.2) is 35.3 Å². The summed E-state index contributed by atoms with van der Waals surface area (Å²) in [6, 6.07) is 14.4. The smallest absolute Gasteiger partial charge is 0.233 e. The van der Waals surface area contributed by atoms with E-state index in [1.54, 1.807) is 53.1 Å². The standard InChI is InChI=1S/C22H23ClN2O3S/c1-15-14-29-22(24-15)25(19-9-7-18(23)8-10-19)21(27)4-3-13-28-20-11-5-17(6-12-20)16(2)26/h5-12,15H,3-4,13-14H2,1-2H3/t15-/m0/s1. The lowest BCUT2D eigenvalue weighted by atomic mass is 10.1. The van der Waals surface area contributed by atoms with Crippen LogP contribution in [-0.2, 0) is 4.79 Å². The first-order valence-corrected chi connectivity index (χ1v) is 10.8. The van der Waals surface area contributed by atoms with Gasteiger partial charge in [-0.1, -0.05) is 23.4 Å². The van der Waals surface area contributed by atoms with Gasteiger partial charge >= 0.3 is 0 Å². The van der Waals surface area contributed by atoms with Crippen LogP contribution in [0.2, 0.25) is 5.02 Å². The third-order valence-corrected chi connectivity index (χ3v) is 5.82. The number of hydrogen-bond acceptors (Lipinski definition) is 5. The van der Waals surface area contributed by atoms with Gasteiger partial charge < -0.3 is 4.74 Å². The molecule has 0 N–H and O–H groups in total. The first-order valence-electron chi connectivity index (χ1n) is 9.47. The number of thioether (sulfide) groups is 1. The van der Waals surface area contributed by atoms with E-state index in [1.165, 1.54) is 6.92 Å². The number of anilines is 1. The zero-order chi connectivity index (χ0) is 20.8. The summed E-state index contributed by atoms with van der Waals surface area (Å²) in [5.74, 6) is 1.54. The summed E-state index contributed by atoms with van der Waals surface area (Å²) in [6.07, 6.45) is 0.910. The van der Waals surface area contributed by atoms with Crippen LogP contribution in [0, 0.1) is 0 Å². The Kier molecular flexibility index (Phi) is 7.34. The number of aliphatic imine (C=N–C) groups is 1. The minimum atomic E-state index is -0.0248. The summed E-state index contributed by atoms with van der Waals surface area (Å²) in [4.78, 5) is 30.6. The van der Waals surface area contributed by atoms with Crippen LogP contribution >= 0.6 is 23.4 Å². The molecule has 2 aromatic carbocycles. The SMILES string of the molecule is CC(=O)c1ccc(OCCCC(=O)N(C2=N[C@@H](C)CS2)c2ccc(Cl)cc2)cc1. The van der Waals surface area contributed by atoms with Crippen molar-refractivity contribution in [2.45, 2.75) is 32.7 Å². The maximum atomic E-state index is 13.0. The van der Waals surface area contributed by atoms with Crippen molar-refractivity contribution in [1.29, 1.82) is 0 Å². The molecule has 0 fully saturated rings. The highest BCUT2D eigenvalue weighted by atomic mass is 35.5. The lowest BCUT2D eigenvalue weighted by Gasteiger charge is -2.22. The van der Waals surface area contributed by atoms with E-state index in [0.717, 1.165) is 16.6 Å². The van der Waals surface area contributed by atoms with Crippen molar-refractivity contribution in [1.82, 2.24) is 0 Å². The van der Waals surface area contributed by atoms with E-state index < -0.39 is 0 Å². The Morgan fingerprint density at radius 2 is 1.86 bits per heavy atom. The fourth-order valence-corrected chi connectivity index (χ4v) is 4.02. The number of nitrogens with zero attached hydrogens (tertiary/aromatic N) is 2. The van der Waals surface area contributed by atoms with E-state index in [9.17, 15) is 9.59 Å². The van der Waals surface area contributed by atoms with Crippen molar-refractivity contribution in [2.75, 3.05) is 17.3 Å². The second-order valence-electron chi connectivity index (χ2n) is 6.81. The van der Waals surface area contributed by atoms with Crippen LogP contribution in [0.4, 0.5) is 5.69 Å². The van der Waals surface area contributed by atoms with E-state index in [4.69, 9.17) is 16.3 Å². The van der Waals surface area contributed by atoms with Gasteiger partial charge in [0.15, 0.2) is 11.0 Å². The number of amides is 1. The van der Waals surface area contributed by atoms with E-state index in [-0.39, 0.29) is 17.7 Å². The van der Waals surface area contributed by atoms with Gasteiger partial charge in [0.2, 0.25) is 5.91 Å². The van der Waals surface area contributed by atoms with Crippen LogP contribution < -0.4 is 9.64 Å². The lowest BCUT2D eigenvalue weighted by Crippen LogP contribution is -2.34. The number of ether oxygens (including phenoxy) is 1. The summed E-state index contributed by atoms with van der Waals surface area (Å²) in [6.45, 7) is 3.98. The number of carbonyl (C=O) groups excluding carboxylic acids is 2. The van der Waals surface area contributed by atoms with Crippen LogP contribution in [0.5, 0.6) is 5.75 Å². The van der Waals surface area contributed by atoms with Crippen molar-refractivity contribution in [3.05, 3.63) is 59.1 Å². The summed E-state index contributed by atoms with van der Waals surface area (Å²) in [5.41, 5.74) is 1.41. The number of rotatable bonds is 7. The molecule has 1 amide bonds. The average Bonchev–Trinajstić information content (AvgIpc) is 3.13. The third-order valence-electron chi connectivity index (χ3n) is 4.37. The van der Waals surface area contributed by atoms with Gasteiger partial charge in [-0.3, -0.25) is 19.5 Å². The van der Waals surface area contributed by atoms with E-state index in [1.807, 2.05) is 19.1 Å². The van der Waals surface area contributed by atoms with Crippen molar-refractivity contribution in [3.8, 4) is 5.75 Å². The topological polar surface area (TPSA) is 59.0 Å². The quantitative estimate of drug-likeness (QED) is 0.446. The number of amidine groups is 1. The second kappa shape index (κ2) is 9.94. The number of halogens is 1. The predicted octanol–water partition coefficient (Wildman–Crippen LogP) is 5.23. The van der Waals surface area contributed by atoms with Crippen molar-refractivity contribution in [2.24, 2.45) is 4.99 Å². The minimum Gasteiger partial charge on any atom is -0.494 e. The molecule has 0 radical (unpaired) electrons. The van der Waals surface area contributed by atoms with Crippen molar-refractivity contribution < 1.29 is 14.3 Å². The maximum absolute atomic E-state index is 13.0. The molecule has 1 aliphatic rings. The van der Waals surface area contributed by atoms with E-state index >= 15 is 0 Å². The second-order valence-corrected chi connectivity index (χ2v) is 8.23. The largest absolute Gasteiger partial charge is 0.494 e. The van der Waals surface area contributed by atoms with Gasteiger partial charge in [-0.25, -0.2) is 0 Å². The molecule has 2 aromatic rings. The van der Waals surface area contributed by atoms with Gasteiger partial charge in [-0.15, -0.1) is 0 Å². The molecule has 0 unspecified atom stereocenters. The monoisotopic (exact) mass is 430 g/mol. The molecule has 0 saturated carbocycles. The fourth-order valence-electron chi connectivity index (χ4n) is 2.84.